The predicted octanol–water partition coefficient (Wildman–Crippen LogP) is 6.24. The lowest BCUT2D eigenvalue weighted by atomic mass is 10.2. The number of hydrogen-bond acceptors (Lipinski definition) is 4. The normalized spacial score (nSPS) is 10.8. The van der Waals surface area contributed by atoms with Crippen molar-refractivity contribution < 1.29 is 13.6 Å². The Balaban J connectivity index is 0.00000272. The van der Waals surface area contributed by atoms with E-state index in [1.165, 1.54) is 23.1 Å². The first-order valence-corrected chi connectivity index (χ1v) is 10.5. The number of imidazole rings is 1. The van der Waals surface area contributed by atoms with Crippen LogP contribution in [0.1, 0.15) is 16.8 Å². The zero-order valence-corrected chi connectivity index (χ0v) is 18.9. The van der Waals surface area contributed by atoms with Gasteiger partial charge in [0, 0.05) is 36.6 Å². The zero-order chi connectivity index (χ0) is 21.3. The molecule has 4 aromatic rings. The minimum Gasteiger partial charge on any atom is -0.337 e. The minimum atomic E-state index is -0.779. The number of anilines is 1. The number of halogens is 5. The van der Waals surface area contributed by atoms with E-state index in [2.05, 4.69) is 9.97 Å². The summed E-state index contributed by atoms with van der Waals surface area (Å²) in [6.45, 7) is 0.894. The molecule has 0 aliphatic heterocycles. The average molecular weight is 504 g/mol. The summed E-state index contributed by atoms with van der Waals surface area (Å²) in [6, 6.07) is 6.56. The maximum Gasteiger partial charge on any atom is 0.261 e. The fraction of sp³-hybridized carbons (Fsp3) is 0.150. The van der Waals surface area contributed by atoms with Crippen molar-refractivity contribution in [1.82, 2.24) is 14.5 Å². The van der Waals surface area contributed by atoms with Crippen LogP contribution in [-0.2, 0) is 6.54 Å². The smallest absolute Gasteiger partial charge is 0.261 e. The van der Waals surface area contributed by atoms with Gasteiger partial charge in [0.15, 0.2) is 10.9 Å². The first kappa shape index (κ1) is 23.4. The number of carbonyl (C=O) groups is 1. The standard InChI is InChI=1S/C20H14Cl2F2N4OS.ClH/c21-12-2-3-15(22)14(8-12)19(29)28(6-1-5-27-7-4-25-11-27)20-26-18-16(24)9-13(23)10-17(18)30-20;/h2-4,7-11H,1,5-6H2;1H. The van der Waals surface area contributed by atoms with Gasteiger partial charge in [0.25, 0.3) is 5.91 Å². The van der Waals surface area contributed by atoms with Crippen LogP contribution in [0.15, 0.2) is 49.1 Å². The second-order valence-electron chi connectivity index (χ2n) is 6.47. The van der Waals surface area contributed by atoms with Gasteiger partial charge in [0.2, 0.25) is 0 Å². The Morgan fingerprint density at radius 1 is 1.19 bits per heavy atom. The number of hydrogen-bond donors (Lipinski definition) is 0. The van der Waals surface area contributed by atoms with Crippen molar-refractivity contribution in [1.29, 1.82) is 0 Å². The molecule has 0 atom stereocenters. The van der Waals surface area contributed by atoms with Crippen LogP contribution < -0.4 is 4.90 Å². The summed E-state index contributed by atoms with van der Waals surface area (Å²) in [6.07, 6.45) is 5.73. The first-order chi connectivity index (χ1) is 14.4. The van der Waals surface area contributed by atoms with E-state index in [-0.39, 0.29) is 40.2 Å². The topological polar surface area (TPSA) is 51.0 Å². The molecule has 0 N–H and O–H groups in total. The van der Waals surface area contributed by atoms with Gasteiger partial charge in [-0.2, -0.15) is 0 Å². The van der Waals surface area contributed by atoms with Crippen molar-refractivity contribution in [3.63, 3.8) is 0 Å². The summed E-state index contributed by atoms with van der Waals surface area (Å²) in [7, 11) is 0. The Bertz CT molecular complexity index is 1220. The van der Waals surface area contributed by atoms with Crippen molar-refractivity contribution in [2.45, 2.75) is 13.0 Å². The van der Waals surface area contributed by atoms with Crippen molar-refractivity contribution in [2.24, 2.45) is 0 Å². The Hall–Kier alpha value is -2.26. The predicted molar refractivity (Wildman–Crippen MR) is 122 cm³/mol. The van der Waals surface area contributed by atoms with Crippen molar-refractivity contribution in [3.8, 4) is 0 Å². The molecule has 4 rings (SSSR count). The summed E-state index contributed by atoms with van der Waals surface area (Å²) in [5.41, 5.74) is 0.221. The highest BCUT2D eigenvalue weighted by Crippen LogP contribution is 2.33. The van der Waals surface area contributed by atoms with Gasteiger partial charge < -0.3 is 4.57 Å². The van der Waals surface area contributed by atoms with Gasteiger partial charge in [-0.1, -0.05) is 34.5 Å². The number of fused-ring (bicyclic) bond motifs is 1. The lowest BCUT2D eigenvalue weighted by Gasteiger charge is -2.20. The van der Waals surface area contributed by atoms with E-state index in [1.807, 2.05) is 10.8 Å². The summed E-state index contributed by atoms with van der Waals surface area (Å²) in [5.74, 6) is -1.90. The molecule has 11 heteroatoms. The van der Waals surface area contributed by atoms with Crippen LogP contribution in [0, 0.1) is 11.6 Å². The molecule has 2 heterocycles. The van der Waals surface area contributed by atoms with Crippen LogP contribution in [0.25, 0.3) is 10.2 Å². The molecule has 0 aliphatic carbocycles. The summed E-state index contributed by atoms with van der Waals surface area (Å²) in [5, 5.41) is 0.849. The molecule has 0 saturated carbocycles. The van der Waals surface area contributed by atoms with Crippen molar-refractivity contribution in [3.05, 3.63) is 76.3 Å². The van der Waals surface area contributed by atoms with Crippen molar-refractivity contribution >= 4 is 68.2 Å². The molecule has 2 aromatic heterocycles. The van der Waals surface area contributed by atoms with E-state index in [0.717, 1.165) is 17.4 Å². The molecular weight excluding hydrogens is 489 g/mol. The number of nitrogens with zero attached hydrogens (tertiary/aromatic N) is 4. The second-order valence-corrected chi connectivity index (χ2v) is 8.32. The van der Waals surface area contributed by atoms with Crippen LogP contribution >= 0.6 is 46.9 Å². The lowest BCUT2D eigenvalue weighted by molar-refractivity contribution is 0.0986. The molecule has 0 fully saturated rings. The average Bonchev–Trinajstić information content (AvgIpc) is 3.36. The maximum absolute atomic E-state index is 14.2. The number of carbonyl (C=O) groups excluding carboxylic acids is 1. The molecule has 2 aromatic carbocycles. The van der Waals surface area contributed by atoms with E-state index >= 15 is 0 Å². The number of benzene rings is 2. The number of aryl methyl sites for hydroxylation is 1. The largest absolute Gasteiger partial charge is 0.337 e. The van der Waals surface area contributed by atoms with E-state index in [4.69, 9.17) is 23.2 Å². The van der Waals surface area contributed by atoms with E-state index in [1.54, 1.807) is 18.6 Å². The van der Waals surface area contributed by atoms with Crippen LogP contribution in [0.5, 0.6) is 0 Å². The molecule has 1 amide bonds. The van der Waals surface area contributed by atoms with Crippen LogP contribution in [0.3, 0.4) is 0 Å². The Kier molecular flexibility index (Phi) is 7.48. The van der Waals surface area contributed by atoms with Gasteiger partial charge in [-0.3, -0.25) is 9.69 Å². The van der Waals surface area contributed by atoms with Gasteiger partial charge in [0.05, 0.1) is 21.6 Å². The number of thiazole rings is 1. The monoisotopic (exact) mass is 502 g/mol. The molecule has 0 bridgehead atoms. The summed E-state index contributed by atoms with van der Waals surface area (Å²) in [4.78, 5) is 23.0. The molecule has 0 aliphatic rings. The second kappa shape index (κ2) is 9.91. The third-order valence-corrected chi connectivity index (χ3v) is 5.98. The highest BCUT2D eigenvalue weighted by Gasteiger charge is 2.24. The molecule has 0 saturated heterocycles. The SMILES string of the molecule is Cl.O=C(c1cc(Cl)ccc1Cl)N(CCCn1ccnc1)c1nc2c(F)cc(F)cc2s1. The van der Waals surface area contributed by atoms with E-state index < -0.39 is 17.5 Å². The Morgan fingerprint density at radius 3 is 2.74 bits per heavy atom. The van der Waals surface area contributed by atoms with Gasteiger partial charge in [-0.05, 0) is 30.7 Å². The van der Waals surface area contributed by atoms with Crippen molar-refractivity contribution in [2.75, 3.05) is 11.4 Å². The van der Waals surface area contributed by atoms with Gasteiger partial charge in [-0.15, -0.1) is 12.4 Å². The van der Waals surface area contributed by atoms with E-state index in [9.17, 15) is 13.6 Å². The molecule has 162 valence electrons. The molecule has 0 spiro atoms. The van der Waals surface area contributed by atoms with Gasteiger partial charge in [-0.25, -0.2) is 18.7 Å². The third kappa shape index (κ3) is 5.15. The molecular formula is C20H15Cl3F2N4OS. The quantitative estimate of drug-likeness (QED) is 0.313. The summed E-state index contributed by atoms with van der Waals surface area (Å²) < 4.78 is 30.0. The number of aromatic nitrogens is 3. The van der Waals surface area contributed by atoms with Crippen LogP contribution in [0.2, 0.25) is 10.0 Å². The Morgan fingerprint density at radius 2 is 2.00 bits per heavy atom. The molecule has 31 heavy (non-hydrogen) atoms. The van der Waals surface area contributed by atoms with E-state index in [0.29, 0.717) is 22.7 Å². The summed E-state index contributed by atoms with van der Waals surface area (Å²) >= 11 is 13.3. The highest BCUT2D eigenvalue weighted by atomic mass is 35.5. The highest BCUT2D eigenvalue weighted by molar-refractivity contribution is 7.22. The maximum atomic E-state index is 14.2. The fourth-order valence-corrected chi connectivity index (χ4v) is 4.38. The third-order valence-electron chi connectivity index (χ3n) is 4.39. The minimum absolute atomic E-state index is 0. The van der Waals surface area contributed by atoms with Gasteiger partial charge in [0.1, 0.15) is 11.3 Å². The molecule has 0 unspecified atom stereocenters. The van der Waals surface area contributed by atoms with Crippen LogP contribution in [0.4, 0.5) is 13.9 Å². The number of amides is 1. The Labute approximate surface area is 196 Å². The zero-order valence-electron chi connectivity index (χ0n) is 15.8. The van der Waals surface area contributed by atoms with Crippen LogP contribution in [-0.4, -0.2) is 27.0 Å². The van der Waals surface area contributed by atoms with Gasteiger partial charge >= 0.3 is 0 Å². The first-order valence-electron chi connectivity index (χ1n) is 8.90. The molecule has 0 radical (unpaired) electrons. The lowest BCUT2D eigenvalue weighted by Crippen LogP contribution is -2.32. The number of rotatable bonds is 6. The fourth-order valence-electron chi connectivity index (χ4n) is 2.98. The molecule has 5 nitrogen and oxygen atoms in total.